The number of carbonyl (C=O) groups is 1. The Bertz CT molecular complexity index is 1240. The lowest BCUT2D eigenvalue weighted by molar-refractivity contribution is 0.122. The fourth-order valence-corrected chi connectivity index (χ4v) is 4.79. The monoisotopic (exact) mass is 491 g/mol. The number of rotatable bonds is 4. The number of hydrogen-bond acceptors (Lipinski definition) is 5. The maximum absolute atomic E-state index is 13.1. The lowest BCUT2D eigenvalue weighted by atomic mass is 10.0. The van der Waals surface area contributed by atoms with Gasteiger partial charge in [0.1, 0.15) is 11.6 Å². The average molecular weight is 492 g/mol. The SMILES string of the molecule is Cc1cccc(Cc2nc3c(c(N4CCOCC4)n2)CN(C(=O)Nc2ccc(C)c(Cl)c2)CC3)c1. The van der Waals surface area contributed by atoms with Crippen LogP contribution in [0.15, 0.2) is 42.5 Å². The van der Waals surface area contributed by atoms with Gasteiger partial charge in [-0.15, -0.1) is 0 Å². The molecule has 0 aliphatic carbocycles. The van der Waals surface area contributed by atoms with E-state index in [9.17, 15) is 4.79 Å². The van der Waals surface area contributed by atoms with Gasteiger partial charge in [-0.05, 0) is 37.1 Å². The van der Waals surface area contributed by atoms with Crippen LogP contribution in [0.4, 0.5) is 16.3 Å². The summed E-state index contributed by atoms with van der Waals surface area (Å²) >= 11 is 6.24. The van der Waals surface area contributed by atoms with Crippen LogP contribution in [-0.4, -0.2) is 53.7 Å². The van der Waals surface area contributed by atoms with Gasteiger partial charge in [0.15, 0.2) is 0 Å². The summed E-state index contributed by atoms with van der Waals surface area (Å²) in [6.07, 6.45) is 1.38. The molecule has 2 amide bonds. The molecule has 35 heavy (non-hydrogen) atoms. The molecule has 0 bridgehead atoms. The second-order valence-electron chi connectivity index (χ2n) is 9.22. The second-order valence-corrected chi connectivity index (χ2v) is 9.63. The van der Waals surface area contributed by atoms with Crippen molar-refractivity contribution >= 4 is 29.1 Å². The Morgan fingerprint density at radius 2 is 1.91 bits per heavy atom. The van der Waals surface area contributed by atoms with E-state index in [0.717, 1.165) is 41.6 Å². The molecule has 0 atom stereocenters. The molecule has 1 saturated heterocycles. The predicted octanol–water partition coefficient (Wildman–Crippen LogP) is 4.76. The van der Waals surface area contributed by atoms with Gasteiger partial charge in [-0.2, -0.15) is 0 Å². The molecular formula is C27H30ClN5O2. The highest BCUT2D eigenvalue weighted by molar-refractivity contribution is 6.31. The topological polar surface area (TPSA) is 70.6 Å². The maximum atomic E-state index is 13.1. The molecule has 7 nitrogen and oxygen atoms in total. The molecule has 1 fully saturated rings. The Hall–Kier alpha value is -3.16. The zero-order chi connectivity index (χ0) is 24.4. The number of aryl methyl sites for hydroxylation is 2. The molecule has 0 unspecified atom stereocenters. The Morgan fingerprint density at radius 3 is 2.69 bits per heavy atom. The number of halogens is 1. The summed E-state index contributed by atoms with van der Waals surface area (Å²) in [5.74, 6) is 1.75. The maximum Gasteiger partial charge on any atom is 0.322 e. The zero-order valence-corrected chi connectivity index (χ0v) is 20.9. The van der Waals surface area contributed by atoms with Crippen LogP contribution in [-0.2, 0) is 24.1 Å². The van der Waals surface area contributed by atoms with E-state index in [1.54, 1.807) is 6.07 Å². The Labute approximate surface area is 211 Å². The highest BCUT2D eigenvalue weighted by Crippen LogP contribution is 2.29. The molecule has 182 valence electrons. The van der Waals surface area contributed by atoms with Gasteiger partial charge in [0.2, 0.25) is 0 Å². The van der Waals surface area contributed by atoms with Gasteiger partial charge in [0.05, 0.1) is 25.5 Å². The molecule has 2 aliphatic rings. The number of fused-ring (bicyclic) bond motifs is 1. The first-order chi connectivity index (χ1) is 17.0. The smallest absolute Gasteiger partial charge is 0.322 e. The Kier molecular flexibility index (Phi) is 6.88. The minimum absolute atomic E-state index is 0.146. The van der Waals surface area contributed by atoms with E-state index in [1.165, 1.54) is 11.1 Å². The molecule has 1 aromatic heterocycles. The number of benzene rings is 2. The quantitative estimate of drug-likeness (QED) is 0.569. The van der Waals surface area contributed by atoms with Crippen LogP contribution in [0.1, 0.15) is 33.8 Å². The van der Waals surface area contributed by atoms with Crippen molar-refractivity contribution in [1.82, 2.24) is 14.9 Å². The molecule has 3 heterocycles. The number of ether oxygens (including phenoxy) is 1. The average Bonchev–Trinajstić information content (AvgIpc) is 2.86. The molecule has 1 N–H and O–H groups in total. The van der Waals surface area contributed by atoms with E-state index in [4.69, 9.17) is 26.3 Å². The van der Waals surface area contributed by atoms with Crippen LogP contribution in [0.5, 0.6) is 0 Å². The molecule has 8 heteroatoms. The van der Waals surface area contributed by atoms with Crippen LogP contribution in [0.25, 0.3) is 0 Å². The fourth-order valence-electron chi connectivity index (χ4n) is 4.61. The number of morpholine rings is 1. The van der Waals surface area contributed by atoms with E-state index in [-0.39, 0.29) is 6.03 Å². The van der Waals surface area contributed by atoms with Crippen LogP contribution in [0.3, 0.4) is 0 Å². The first-order valence-corrected chi connectivity index (χ1v) is 12.4. The van der Waals surface area contributed by atoms with Crippen molar-refractivity contribution in [2.24, 2.45) is 0 Å². The fraction of sp³-hybridized carbons (Fsp3) is 0.370. The minimum atomic E-state index is -0.146. The van der Waals surface area contributed by atoms with Crippen molar-refractivity contribution < 1.29 is 9.53 Å². The number of aromatic nitrogens is 2. The highest BCUT2D eigenvalue weighted by atomic mass is 35.5. The van der Waals surface area contributed by atoms with Gasteiger partial charge in [0.25, 0.3) is 0 Å². The van der Waals surface area contributed by atoms with Crippen molar-refractivity contribution in [3.63, 3.8) is 0 Å². The zero-order valence-electron chi connectivity index (χ0n) is 20.2. The molecule has 5 rings (SSSR count). The summed E-state index contributed by atoms with van der Waals surface area (Å²) in [6.45, 7) is 8.01. The van der Waals surface area contributed by atoms with Crippen LogP contribution in [0, 0.1) is 13.8 Å². The summed E-state index contributed by atoms with van der Waals surface area (Å²) < 4.78 is 5.58. The normalized spacial score (nSPS) is 15.6. The summed E-state index contributed by atoms with van der Waals surface area (Å²) in [7, 11) is 0. The number of nitrogens with zero attached hydrogens (tertiary/aromatic N) is 4. The van der Waals surface area contributed by atoms with Crippen molar-refractivity contribution in [1.29, 1.82) is 0 Å². The number of hydrogen-bond donors (Lipinski definition) is 1. The molecule has 2 aromatic carbocycles. The summed E-state index contributed by atoms with van der Waals surface area (Å²) in [5, 5.41) is 3.62. The first-order valence-electron chi connectivity index (χ1n) is 12.1. The summed E-state index contributed by atoms with van der Waals surface area (Å²) in [5.41, 5.74) is 6.16. The lowest BCUT2D eigenvalue weighted by Crippen LogP contribution is -2.42. The third-order valence-electron chi connectivity index (χ3n) is 6.55. The molecule has 0 spiro atoms. The van der Waals surface area contributed by atoms with Crippen molar-refractivity contribution in [2.45, 2.75) is 33.2 Å². The van der Waals surface area contributed by atoms with Gasteiger partial charge < -0.3 is 19.9 Å². The Balaban J connectivity index is 1.41. The Morgan fingerprint density at radius 1 is 1.09 bits per heavy atom. The summed E-state index contributed by atoms with van der Waals surface area (Å²) in [4.78, 5) is 27.2. The van der Waals surface area contributed by atoms with Crippen molar-refractivity contribution in [2.75, 3.05) is 43.1 Å². The minimum Gasteiger partial charge on any atom is -0.378 e. The van der Waals surface area contributed by atoms with E-state index in [0.29, 0.717) is 49.9 Å². The van der Waals surface area contributed by atoms with Gasteiger partial charge in [-0.25, -0.2) is 14.8 Å². The number of carbonyl (C=O) groups excluding carboxylic acids is 1. The number of anilines is 2. The van der Waals surface area contributed by atoms with Crippen molar-refractivity contribution in [3.8, 4) is 0 Å². The predicted molar refractivity (Wildman–Crippen MR) is 138 cm³/mol. The van der Waals surface area contributed by atoms with Gasteiger partial charge in [0, 0.05) is 48.7 Å². The van der Waals surface area contributed by atoms with E-state index >= 15 is 0 Å². The van der Waals surface area contributed by atoms with E-state index in [2.05, 4.69) is 41.4 Å². The third kappa shape index (κ3) is 5.41. The van der Waals surface area contributed by atoms with Crippen LogP contribution < -0.4 is 10.2 Å². The standard InChI is InChI=1S/C27H30ClN5O2/c1-18-4-3-5-20(14-18)15-25-30-24-8-9-33(27(34)29-21-7-6-19(2)23(28)16-21)17-22(24)26(31-25)32-10-12-35-13-11-32/h3-7,14,16H,8-13,15,17H2,1-2H3,(H,29,34). The van der Waals surface area contributed by atoms with E-state index in [1.807, 2.05) is 24.0 Å². The second kappa shape index (κ2) is 10.2. The highest BCUT2D eigenvalue weighted by Gasteiger charge is 2.28. The molecular weight excluding hydrogens is 462 g/mol. The van der Waals surface area contributed by atoms with Crippen LogP contribution in [0.2, 0.25) is 5.02 Å². The largest absolute Gasteiger partial charge is 0.378 e. The van der Waals surface area contributed by atoms with Gasteiger partial charge in [-0.3, -0.25) is 0 Å². The number of nitrogens with one attached hydrogen (secondary N) is 1. The van der Waals surface area contributed by atoms with Crippen LogP contribution >= 0.6 is 11.6 Å². The molecule has 0 saturated carbocycles. The van der Waals surface area contributed by atoms with Gasteiger partial charge in [-0.1, -0.05) is 47.5 Å². The lowest BCUT2D eigenvalue weighted by Gasteiger charge is -2.34. The van der Waals surface area contributed by atoms with E-state index < -0.39 is 0 Å². The molecule has 0 radical (unpaired) electrons. The van der Waals surface area contributed by atoms with Gasteiger partial charge >= 0.3 is 6.03 Å². The number of urea groups is 1. The summed E-state index contributed by atoms with van der Waals surface area (Å²) in [6, 6.07) is 13.9. The molecule has 3 aromatic rings. The number of amides is 2. The van der Waals surface area contributed by atoms with Crippen molar-refractivity contribution in [3.05, 3.63) is 81.3 Å². The third-order valence-corrected chi connectivity index (χ3v) is 6.96. The first kappa shape index (κ1) is 23.6. The molecule has 2 aliphatic heterocycles.